The van der Waals surface area contributed by atoms with E-state index in [1.165, 1.54) is 18.1 Å². The van der Waals surface area contributed by atoms with Crippen LogP contribution < -0.4 is 5.32 Å². The molecule has 8 heteroatoms. The Labute approximate surface area is 143 Å². The Bertz CT molecular complexity index is 796. The van der Waals surface area contributed by atoms with Gasteiger partial charge in [-0.2, -0.15) is 5.10 Å². The van der Waals surface area contributed by atoms with Crippen molar-refractivity contribution in [2.24, 2.45) is 7.05 Å². The minimum atomic E-state index is -0.238. The first-order chi connectivity index (χ1) is 11.7. The maximum atomic E-state index is 12.4. The molecule has 1 aromatic carbocycles. The largest absolute Gasteiger partial charge is 0.431 e. The molecule has 2 aromatic heterocycles. The summed E-state index contributed by atoms with van der Waals surface area (Å²) in [6.07, 6.45) is 2.85. The molecule has 0 fully saturated rings. The third kappa shape index (κ3) is 3.76. The summed E-state index contributed by atoms with van der Waals surface area (Å²) in [5.41, 5.74) is 1.54. The number of hydrogen-bond acceptors (Lipinski definition) is 6. The van der Waals surface area contributed by atoms with Gasteiger partial charge in [0.05, 0.1) is 5.25 Å². The molecule has 0 saturated heterocycles. The second-order valence-corrected chi connectivity index (χ2v) is 6.46. The molecule has 126 valence electrons. The van der Waals surface area contributed by atoms with E-state index in [1.807, 2.05) is 38.2 Å². The lowest BCUT2D eigenvalue weighted by molar-refractivity contribution is -0.120. The van der Waals surface area contributed by atoms with Gasteiger partial charge in [-0.1, -0.05) is 30.8 Å². The Balaban J connectivity index is 1.56. The van der Waals surface area contributed by atoms with Crippen molar-refractivity contribution in [1.29, 1.82) is 0 Å². The second-order valence-electron chi connectivity index (χ2n) is 5.30. The normalized spacial score (nSPS) is 12.4. The molecule has 0 aliphatic carbocycles. The summed E-state index contributed by atoms with van der Waals surface area (Å²) in [6.45, 7) is 2.50. The fourth-order valence-electron chi connectivity index (χ4n) is 2.30. The molecule has 1 amide bonds. The summed E-state index contributed by atoms with van der Waals surface area (Å²) in [5.74, 6) is 0.821. The first kappa shape index (κ1) is 16.5. The highest BCUT2D eigenvalue weighted by atomic mass is 32.2. The highest BCUT2D eigenvalue weighted by molar-refractivity contribution is 8.00. The van der Waals surface area contributed by atoms with Crippen LogP contribution in [0.4, 0.5) is 0 Å². The van der Waals surface area contributed by atoms with Gasteiger partial charge < -0.3 is 9.73 Å². The number of para-hydroxylation sites is 2. The van der Waals surface area contributed by atoms with Crippen molar-refractivity contribution in [1.82, 2.24) is 25.1 Å². The monoisotopic (exact) mass is 345 g/mol. The minimum absolute atomic E-state index is 0.0214. The lowest BCUT2D eigenvalue weighted by Gasteiger charge is -2.12. The van der Waals surface area contributed by atoms with Gasteiger partial charge in [0.2, 0.25) is 5.91 Å². The number of nitrogens with one attached hydrogen (secondary N) is 1. The van der Waals surface area contributed by atoms with E-state index in [0.717, 1.165) is 16.9 Å². The highest BCUT2D eigenvalue weighted by Gasteiger charge is 2.20. The maximum Gasteiger partial charge on any atom is 0.257 e. The van der Waals surface area contributed by atoms with Crippen LogP contribution in [0.2, 0.25) is 0 Å². The molecule has 0 spiro atoms. The predicted octanol–water partition coefficient (Wildman–Crippen LogP) is 2.19. The highest BCUT2D eigenvalue weighted by Crippen LogP contribution is 2.28. The number of rotatable bonds is 7. The van der Waals surface area contributed by atoms with Crippen molar-refractivity contribution < 1.29 is 9.21 Å². The van der Waals surface area contributed by atoms with E-state index in [9.17, 15) is 4.79 Å². The van der Waals surface area contributed by atoms with Crippen molar-refractivity contribution in [3.63, 3.8) is 0 Å². The number of aryl methyl sites for hydroxylation is 1. The molecule has 0 unspecified atom stereocenters. The van der Waals surface area contributed by atoms with Crippen molar-refractivity contribution in [2.45, 2.75) is 30.2 Å². The molecule has 7 nitrogen and oxygen atoms in total. The molecule has 3 rings (SSSR count). The van der Waals surface area contributed by atoms with E-state index < -0.39 is 0 Å². The van der Waals surface area contributed by atoms with E-state index in [2.05, 4.69) is 20.4 Å². The molecule has 0 bridgehead atoms. The average Bonchev–Trinajstić information content (AvgIpc) is 3.18. The number of thioether (sulfide) groups is 1. The number of hydrogen-bond donors (Lipinski definition) is 1. The zero-order valence-electron chi connectivity index (χ0n) is 13.6. The number of benzene rings is 1. The third-order valence-corrected chi connectivity index (χ3v) is 4.84. The predicted molar refractivity (Wildman–Crippen MR) is 91.7 cm³/mol. The number of oxazole rings is 1. The standard InChI is InChI=1S/C16H19N5O2S/c1-3-13(15(22)17-9-8-14-18-10-19-21(14)2)24-16-20-11-6-4-5-7-12(11)23-16/h4-7,10,13H,3,8-9H2,1-2H3,(H,17,22)/t13-/m1/s1. The van der Waals surface area contributed by atoms with Crippen molar-refractivity contribution in [3.8, 4) is 0 Å². The number of fused-ring (bicyclic) bond motifs is 1. The van der Waals surface area contributed by atoms with Crippen molar-refractivity contribution in [2.75, 3.05) is 6.54 Å². The molecular weight excluding hydrogens is 326 g/mol. The topological polar surface area (TPSA) is 85.8 Å². The number of aromatic nitrogens is 4. The summed E-state index contributed by atoms with van der Waals surface area (Å²) in [5, 5.41) is 7.23. The van der Waals surface area contributed by atoms with E-state index in [0.29, 0.717) is 24.6 Å². The van der Waals surface area contributed by atoms with E-state index in [-0.39, 0.29) is 11.2 Å². The van der Waals surface area contributed by atoms with E-state index in [1.54, 1.807) is 4.68 Å². The van der Waals surface area contributed by atoms with Gasteiger partial charge >= 0.3 is 0 Å². The van der Waals surface area contributed by atoms with Crippen LogP contribution in [-0.4, -0.2) is 37.5 Å². The molecule has 0 radical (unpaired) electrons. The van der Waals surface area contributed by atoms with Crippen LogP contribution in [0.3, 0.4) is 0 Å². The average molecular weight is 345 g/mol. The fraction of sp³-hybridized carbons (Fsp3) is 0.375. The molecule has 3 aromatic rings. The molecule has 1 N–H and O–H groups in total. The van der Waals surface area contributed by atoms with Gasteiger partial charge in [-0.3, -0.25) is 9.48 Å². The first-order valence-electron chi connectivity index (χ1n) is 7.80. The van der Waals surface area contributed by atoms with Gasteiger partial charge in [0.15, 0.2) is 5.58 Å². The van der Waals surface area contributed by atoms with Crippen molar-refractivity contribution in [3.05, 3.63) is 36.4 Å². The second kappa shape index (κ2) is 7.48. The zero-order chi connectivity index (χ0) is 16.9. The SMILES string of the molecule is CC[C@@H](Sc1nc2ccccc2o1)C(=O)NCCc1ncnn1C. The quantitative estimate of drug-likeness (QED) is 0.661. The molecule has 1 atom stereocenters. The van der Waals surface area contributed by atoms with Crippen LogP contribution in [0.15, 0.2) is 40.2 Å². The third-order valence-electron chi connectivity index (χ3n) is 3.63. The van der Waals surface area contributed by atoms with Gasteiger partial charge in [0.1, 0.15) is 17.7 Å². The Hall–Kier alpha value is -2.35. The number of carbonyl (C=O) groups is 1. The van der Waals surface area contributed by atoms with Gasteiger partial charge in [0, 0.05) is 20.0 Å². The molecular formula is C16H19N5O2S. The molecule has 0 saturated carbocycles. The summed E-state index contributed by atoms with van der Waals surface area (Å²) < 4.78 is 7.38. The number of carbonyl (C=O) groups excluding carboxylic acids is 1. The fourth-order valence-corrected chi connectivity index (χ4v) is 3.19. The summed E-state index contributed by atoms with van der Waals surface area (Å²) in [4.78, 5) is 20.9. The number of nitrogens with zero attached hydrogens (tertiary/aromatic N) is 4. The molecule has 0 aliphatic heterocycles. The summed E-state index contributed by atoms with van der Waals surface area (Å²) in [7, 11) is 1.84. The van der Waals surface area contributed by atoms with Crippen LogP contribution in [0.1, 0.15) is 19.2 Å². The van der Waals surface area contributed by atoms with E-state index in [4.69, 9.17) is 4.42 Å². The molecule has 24 heavy (non-hydrogen) atoms. The Morgan fingerprint density at radius 3 is 2.96 bits per heavy atom. The van der Waals surface area contributed by atoms with Crippen LogP contribution >= 0.6 is 11.8 Å². The van der Waals surface area contributed by atoms with Crippen LogP contribution in [0.5, 0.6) is 0 Å². The smallest absolute Gasteiger partial charge is 0.257 e. The van der Waals surface area contributed by atoms with Gasteiger partial charge in [0.25, 0.3) is 5.22 Å². The van der Waals surface area contributed by atoms with E-state index >= 15 is 0 Å². The van der Waals surface area contributed by atoms with Crippen LogP contribution in [0.25, 0.3) is 11.1 Å². The Morgan fingerprint density at radius 1 is 1.42 bits per heavy atom. The Morgan fingerprint density at radius 2 is 2.25 bits per heavy atom. The van der Waals surface area contributed by atoms with Gasteiger partial charge in [-0.25, -0.2) is 9.97 Å². The lowest BCUT2D eigenvalue weighted by atomic mass is 10.3. The minimum Gasteiger partial charge on any atom is -0.431 e. The molecule has 0 aliphatic rings. The van der Waals surface area contributed by atoms with Crippen LogP contribution in [-0.2, 0) is 18.3 Å². The summed E-state index contributed by atoms with van der Waals surface area (Å²) >= 11 is 1.35. The van der Waals surface area contributed by atoms with Crippen molar-refractivity contribution >= 4 is 28.8 Å². The maximum absolute atomic E-state index is 12.4. The van der Waals surface area contributed by atoms with Crippen LogP contribution in [0, 0.1) is 0 Å². The van der Waals surface area contributed by atoms with Gasteiger partial charge in [-0.15, -0.1) is 0 Å². The summed E-state index contributed by atoms with van der Waals surface area (Å²) in [6, 6.07) is 7.58. The first-order valence-corrected chi connectivity index (χ1v) is 8.68. The number of amides is 1. The van der Waals surface area contributed by atoms with Gasteiger partial charge in [-0.05, 0) is 18.6 Å². The Kier molecular flexibility index (Phi) is 5.14. The molecule has 2 heterocycles. The lowest BCUT2D eigenvalue weighted by Crippen LogP contribution is -2.34. The zero-order valence-corrected chi connectivity index (χ0v) is 14.4.